The highest BCUT2D eigenvalue weighted by Crippen LogP contribution is 2.14. The summed E-state index contributed by atoms with van der Waals surface area (Å²) in [5, 5.41) is 13.3. The summed E-state index contributed by atoms with van der Waals surface area (Å²) in [5.41, 5.74) is 0.0811. The van der Waals surface area contributed by atoms with Crippen LogP contribution in [0.25, 0.3) is 11.0 Å². The molecular weight excluding hydrogens is 296 g/mol. The van der Waals surface area contributed by atoms with Gasteiger partial charge in [0, 0.05) is 6.07 Å². The zero-order chi connectivity index (χ0) is 14.8. The predicted molar refractivity (Wildman–Crippen MR) is 75.1 cm³/mol. The van der Waals surface area contributed by atoms with Crippen LogP contribution in [0, 0.1) is 6.92 Å². The molecule has 0 aliphatic heterocycles. The van der Waals surface area contributed by atoms with Crippen LogP contribution >= 0.6 is 11.8 Å². The van der Waals surface area contributed by atoms with Crippen molar-refractivity contribution in [3.05, 3.63) is 28.4 Å². The van der Waals surface area contributed by atoms with Gasteiger partial charge in [0.15, 0.2) is 16.6 Å². The van der Waals surface area contributed by atoms with Crippen molar-refractivity contribution in [1.29, 1.82) is 0 Å². The smallest absolute Gasteiger partial charge is 0.262 e. The molecule has 0 aliphatic rings. The van der Waals surface area contributed by atoms with Crippen molar-refractivity contribution in [2.45, 2.75) is 12.1 Å². The molecule has 3 aromatic heterocycles. The molecule has 1 amide bonds. The minimum atomic E-state index is -0.302. The van der Waals surface area contributed by atoms with Gasteiger partial charge in [0.25, 0.3) is 5.56 Å². The maximum Gasteiger partial charge on any atom is 0.262 e. The van der Waals surface area contributed by atoms with Gasteiger partial charge in [0.1, 0.15) is 11.1 Å². The van der Waals surface area contributed by atoms with Crippen LogP contribution in [-0.2, 0) is 4.79 Å². The fraction of sp³-hybridized carbons (Fsp3) is 0.182. The molecule has 0 unspecified atom stereocenters. The topological polar surface area (TPSA) is 130 Å². The van der Waals surface area contributed by atoms with Crippen LogP contribution in [0.4, 0.5) is 5.82 Å². The average molecular weight is 306 g/mol. The molecule has 0 spiro atoms. The number of hydrogen-bond acceptors (Lipinski definition) is 7. The first-order valence-electron chi connectivity index (χ1n) is 5.91. The number of anilines is 1. The third kappa shape index (κ3) is 2.94. The number of nitrogens with one attached hydrogen (secondary N) is 3. The normalized spacial score (nSPS) is 10.9. The number of aromatic nitrogens is 5. The summed E-state index contributed by atoms with van der Waals surface area (Å²) >= 11 is 1.10. The molecule has 0 fully saturated rings. The van der Waals surface area contributed by atoms with E-state index in [-0.39, 0.29) is 17.2 Å². The molecule has 0 saturated heterocycles. The van der Waals surface area contributed by atoms with Crippen molar-refractivity contribution in [2.24, 2.45) is 0 Å². The van der Waals surface area contributed by atoms with E-state index in [1.165, 1.54) is 6.20 Å². The highest BCUT2D eigenvalue weighted by atomic mass is 32.2. The lowest BCUT2D eigenvalue weighted by Gasteiger charge is -2.01. The van der Waals surface area contributed by atoms with Gasteiger partial charge in [-0.3, -0.25) is 14.7 Å². The number of hydrogen-bond donors (Lipinski definition) is 3. The molecule has 0 bridgehead atoms. The summed E-state index contributed by atoms with van der Waals surface area (Å²) in [6, 6.07) is 1.61. The second-order valence-corrected chi connectivity index (χ2v) is 5.13. The van der Waals surface area contributed by atoms with Crippen molar-refractivity contribution < 1.29 is 9.32 Å². The van der Waals surface area contributed by atoms with E-state index in [1.807, 2.05) is 0 Å². The number of aromatic amines is 2. The van der Waals surface area contributed by atoms with Gasteiger partial charge in [0.2, 0.25) is 5.91 Å². The number of amides is 1. The van der Waals surface area contributed by atoms with Crippen molar-refractivity contribution >= 4 is 34.5 Å². The molecule has 0 saturated carbocycles. The maximum absolute atomic E-state index is 11.7. The van der Waals surface area contributed by atoms with Crippen molar-refractivity contribution in [3.63, 3.8) is 0 Å². The van der Waals surface area contributed by atoms with Gasteiger partial charge < -0.3 is 14.8 Å². The van der Waals surface area contributed by atoms with E-state index >= 15 is 0 Å². The first-order chi connectivity index (χ1) is 10.1. The number of nitrogens with zero attached hydrogens (tertiary/aromatic N) is 3. The Morgan fingerprint density at radius 2 is 2.38 bits per heavy atom. The van der Waals surface area contributed by atoms with Crippen molar-refractivity contribution in [1.82, 2.24) is 25.3 Å². The number of thioether (sulfide) groups is 1. The van der Waals surface area contributed by atoms with Gasteiger partial charge in [-0.25, -0.2) is 4.98 Å². The van der Waals surface area contributed by atoms with E-state index in [0.717, 1.165) is 11.8 Å². The van der Waals surface area contributed by atoms with E-state index in [1.54, 1.807) is 13.0 Å². The SMILES string of the molecule is Cc1cc(NC(=O)CSc2nc3[nH]ncc3c(=O)[nH]2)no1. The largest absolute Gasteiger partial charge is 0.360 e. The second kappa shape index (κ2) is 5.40. The van der Waals surface area contributed by atoms with Crippen LogP contribution in [0.3, 0.4) is 0 Å². The summed E-state index contributed by atoms with van der Waals surface area (Å²) in [4.78, 5) is 30.2. The van der Waals surface area contributed by atoms with Crippen LogP contribution in [0.1, 0.15) is 5.76 Å². The van der Waals surface area contributed by atoms with Gasteiger partial charge in [-0.1, -0.05) is 16.9 Å². The molecule has 3 N–H and O–H groups in total. The summed E-state index contributed by atoms with van der Waals surface area (Å²) in [6.45, 7) is 1.73. The Bertz CT molecular complexity index is 851. The van der Waals surface area contributed by atoms with Gasteiger partial charge in [-0.2, -0.15) is 5.10 Å². The fourth-order valence-electron chi connectivity index (χ4n) is 1.63. The zero-order valence-corrected chi connectivity index (χ0v) is 11.7. The Morgan fingerprint density at radius 1 is 1.52 bits per heavy atom. The molecule has 108 valence electrons. The van der Waals surface area contributed by atoms with E-state index in [9.17, 15) is 9.59 Å². The third-order valence-corrected chi connectivity index (χ3v) is 3.41. The molecule has 9 nitrogen and oxygen atoms in total. The molecule has 3 heterocycles. The zero-order valence-electron chi connectivity index (χ0n) is 10.8. The number of carbonyl (C=O) groups is 1. The highest BCUT2D eigenvalue weighted by molar-refractivity contribution is 7.99. The maximum atomic E-state index is 11.7. The summed E-state index contributed by atoms with van der Waals surface area (Å²) in [7, 11) is 0. The molecule has 21 heavy (non-hydrogen) atoms. The first kappa shape index (κ1) is 13.4. The predicted octanol–water partition coefficient (Wildman–Crippen LogP) is 0.673. The first-order valence-corrected chi connectivity index (χ1v) is 6.90. The summed E-state index contributed by atoms with van der Waals surface area (Å²) in [6.07, 6.45) is 1.40. The summed E-state index contributed by atoms with van der Waals surface area (Å²) < 4.78 is 4.84. The number of rotatable bonds is 4. The lowest BCUT2D eigenvalue weighted by Crippen LogP contribution is -2.15. The van der Waals surface area contributed by atoms with Crippen LogP contribution in [0.5, 0.6) is 0 Å². The van der Waals surface area contributed by atoms with Gasteiger partial charge >= 0.3 is 0 Å². The van der Waals surface area contributed by atoms with Gasteiger partial charge in [0.05, 0.1) is 11.9 Å². The molecule has 0 aromatic carbocycles. The average Bonchev–Trinajstić information content (AvgIpc) is 3.06. The Labute approximate surface area is 121 Å². The standard InChI is InChI=1S/C11H10N6O3S/c1-5-2-7(17-20-5)13-8(18)4-21-11-14-9-6(3-12-16-9)10(19)15-11/h2-3H,4H2,1H3,(H,13,17,18)(H2,12,14,15,16,19). The molecule has 0 radical (unpaired) electrons. The van der Waals surface area contributed by atoms with Gasteiger partial charge in [-0.15, -0.1) is 0 Å². The second-order valence-electron chi connectivity index (χ2n) is 4.16. The van der Waals surface area contributed by atoms with Crippen LogP contribution < -0.4 is 10.9 Å². The van der Waals surface area contributed by atoms with E-state index < -0.39 is 0 Å². The lowest BCUT2D eigenvalue weighted by molar-refractivity contribution is -0.113. The monoisotopic (exact) mass is 306 g/mol. The van der Waals surface area contributed by atoms with E-state index in [2.05, 4.69) is 30.6 Å². The van der Waals surface area contributed by atoms with E-state index in [4.69, 9.17) is 4.52 Å². The Balaban J connectivity index is 1.65. The van der Waals surface area contributed by atoms with Crippen molar-refractivity contribution in [3.8, 4) is 0 Å². The summed E-state index contributed by atoms with van der Waals surface area (Å²) in [5.74, 6) is 0.756. The number of aryl methyl sites for hydroxylation is 1. The fourth-order valence-corrected chi connectivity index (χ4v) is 2.29. The molecule has 3 aromatic rings. The molecule has 3 rings (SSSR count). The number of H-pyrrole nitrogens is 2. The molecule has 0 atom stereocenters. The minimum absolute atomic E-state index is 0.0779. The highest BCUT2D eigenvalue weighted by Gasteiger charge is 2.10. The number of fused-ring (bicyclic) bond motifs is 1. The van der Waals surface area contributed by atoms with Crippen LogP contribution in [0.15, 0.2) is 26.7 Å². The minimum Gasteiger partial charge on any atom is -0.360 e. The van der Waals surface area contributed by atoms with Crippen molar-refractivity contribution in [2.75, 3.05) is 11.1 Å². The molecule has 0 aliphatic carbocycles. The Kier molecular flexibility index (Phi) is 3.44. The lowest BCUT2D eigenvalue weighted by atomic mass is 10.4. The molecule has 10 heteroatoms. The Hall–Kier alpha value is -2.62. The van der Waals surface area contributed by atoms with Crippen LogP contribution in [0.2, 0.25) is 0 Å². The van der Waals surface area contributed by atoms with E-state index in [0.29, 0.717) is 27.8 Å². The Morgan fingerprint density at radius 3 is 3.14 bits per heavy atom. The quantitative estimate of drug-likeness (QED) is 0.477. The third-order valence-electron chi connectivity index (χ3n) is 2.53. The number of carbonyl (C=O) groups excluding carboxylic acids is 1. The van der Waals surface area contributed by atoms with Gasteiger partial charge in [-0.05, 0) is 6.92 Å². The van der Waals surface area contributed by atoms with Crippen LogP contribution in [-0.4, -0.2) is 37.0 Å². The molecular formula is C11H10N6O3S.